The summed E-state index contributed by atoms with van der Waals surface area (Å²) >= 11 is 0. The van der Waals surface area contributed by atoms with E-state index in [2.05, 4.69) is 4.98 Å². The van der Waals surface area contributed by atoms with E-state index in [4.69, 9.17) is 14.7 Å². The molecule has 0 saturated heterocycles. The number of halogens is 3. The van der Waals surface area contributed by atoms with E-state index in [-0.39, 0.29) is 12.4 Å². The van der Waals surface area contributed by atoms with E-state index >= 15 is 0 Å². The molecular weight excluding hydrogens is 421 g/mol. The molecule has 2 aromatic carbocycles. The summed E-state index contributed by atoms with van der Waals surface area (Å²) in [6, 6.07) is 16.7. The third-order valence-corrected chi connectivity index (χ3v) is 4.25. The van der Waals surface area contributed by atoms with Gasteiger partial charge in [-0.15, -0.1) is 0 Å². The molecule has 0 N–H and O–H groups in total. The molecule has 8 heteroatoms. The molecule has 0 bridgehead atoms. The molecule has 0 amide bonds. The minimum atomic E-state index is -4.61. The van der Waals surface area contributed by atoms with Gasteiger partial charge in [0.05, 0.1) is 35.2 Å². The van der Waals surface area contributed by atoms with Crippen molar-refractivity contribution in [1.82, 2.24) is 4.98 Å². The first kappa shape index (κ1) is 22.6. The second-order valence-electron chi connectivity index (χ2n) is 6.48. The Bertz CT molecular complexity index is 1180. The van der Waals surface area contributed by atoms with E-state index in [0.29, 0.717) is 17.1 Å². The number of nitriles is 1. The molecule has 3 aromatic rings. The van der Waals surface area contributed by atoms with Gasteiger partial charge in [-0.25, -0.2) is 9.78 Å². The van der Waals surface area contributed by atoms with Gasteiger partial charge in [0.25, 0.3) is 0 Å². The van der Waals surface area contributed by atoms with Gasteiger partial charge in [-0.3, -0.25) is 0 Å². The largest absolute Gasteiger partial charge is 0.463 e. The minimum Gasteiger partial charge on any atom is -0.463 e. The smallest absolute Gasteiger partial charge is 0.417 e. The lowest BCUT2D eigenvalue weighted by molar-refractivity contribution is -0.138. The summed E-state index contributed by atoms with van der Waals surface area (Å²) in [5.74, 6) is 0.0475. The normalized spacial score (nSPS) is 11.2. The summed E-state index contributed by atoms with van der Waals surface area (Å²) in [6.45, 7) is 2.01. The molecule has 0 unspecified atom stereocenters. The highest BCUT2D eigenvalue weighted by Crippen LogP contribution is 2.34. The summed E-state index contributed by atoms with van der Waals surface area (Å²) in [6.07, 6.45) is -1.76. The Morgan fingerprint density at radius 1 is 1.09 bits per heavy atom. The van der Waals surface area contributed by atoms with Gasteiger partial charge in [0.15, 0.2) is 0 Å². The van der Waals surface area contributed by atoms with Crippen molar-refractivity contribution in [3.05, 3.63) is 83.6 Å². The highest BCUT2D eigenvalue weighted by molar-refractivity contribution is 5.86. The first-order valence-corrected chi connectivity index (χ1v) is 9.51. The number of hydrogen-bond acceptors (Lipinski definition) is 5. The second kappa shape index (κ2) is 9.79. The van der Waals surface area contributed by atoms with Crippen molar-refractivity contribution in [2.75, 3.05) is 6.61 Å². The van der Waals surface area contributed by atoms with Crippen LogP contribution in [0, 0.1) is 11.3 Å². The molecule has 1 heterocycles. The van der Waals surface area contributed by atoms with Gasteiger partial charge in [0.2, 0.25) is 0 Å². The fourth-order valence-electron chi connectivity index (χ4n) is 2.81. The van der Waals surface area contributed by atoms with Crippen molar-refractivity contribution >= 4 is 12.0 Å². The van der Waals surface area contributed by atoms with Crippen LogP contribution in [0.15, 0.2) is 66.7 Å². The summed E-state index contributed by atoms with van der Waals surface area (Å²) in [5.41, 5.74) is 0.483. The molecule has 1 aromatic heterocycles. The number of carbonyl (C=O) groups excluding carboxylic acids is 1. The van der Waals surface area contributed by atoms with Gasteiger partial charge in [0, 0.05) is 11.6 Å². The van der Waals surface area contributed by atoms with Crippen molar-refractivity contribution in [3.63, 3.8) is 0 Å². The van der Waals surface area contributed by atoms with Crippen molar-refractivity contribution in [1.29, 1.82) is 5.26 Å². The average molecular weight is 438 g/mol. The average Bonchev–Trinajstić information content (AvgIpc) is 2.78. The first-order chi connectivity index (χ1) is 15.3. The fraction of sp³-hybridized carbons (Fsp3) is 0.125. The van der Waals surface area contributed by atoms with Crippen molar-refractivity contribution in [2.45, 2.75) is 13.1 Å². The Morgan fingerprint density at radius 3 is 2.47 bits per heavy atom. The number of benzene rings is 2. The molecule has 0 spiro atoms. The Balaban J connectivity index is 1.76. The molecule has 0 aliphatic rings. The predicted molar refractivity (Wildman–Crippen MR) is 112 cm³/mol. The minimum absolute atomic E-state index is 0.117. The molecule has 3 rings (SSSR count). The summed E-state index contributed by atoms with van der Waals surface area (Å²) in [5, 5.41) is 9.01. The first-order valence-electron chi connectivity index (χ1n) is 9.51. The number of nitrogens with zero attached hydrogens (tertiary/aromatic N) is 2. The number of alkyl halides is 3. The van der Waals surface area contributed by atoms with E-state index in [1.165, 1.54) is 12.1 Å². The molecule has 0 atom stereocenters. The summed E-state index contributed by atoms with van der Waals surface area (Å²) in [4.78, 5) is 15.9. The maximum absolute atomic E-state index is 12.9. The Hall–Kier alpha value is -4.12. The molecular formula is C24H17F3N2O3. The third-order valence-electron chi connectivity index (χ3n) is 4.25. The van der Waals surface area contributed by atoms with Crippen LogP contribution >= 0.6 is 0 Å². The van der Waals surface area contributed by atoms with Crippen LogP contribution < -0.4 is 4.74 Å². The van der Waals surface area contributed by atoms with Gasteiger partial charge in [-0.05, 0) is 67.6 Å². The van der Waals surface area contributed by atoms with Crippen LogP contribution in [-0.2, 0) is 15.7 Å². The Kier molecular flexibility index (Phi) is 6.90. The van der Waals surface area contributed by atoms with Crippen molar-refractivity contribution < 1.29 is 27.4 Å². The quantitative estimate of drug-likeness (QED) is 0.348. The Morgan fingerprint density at radius 2 is 1.81 bits per heavy atom. The number of carbonyl (C=O) groups is 1. The second-order valence-corrected chi connectivity index (χ2v) is 6.48. The van der Waals surface area contributed by atoms with E-state index in [9.17, 15) is 18.0 Å². The van der Waals surface area contributed by atoms with Gasteiger partial charge >= 0.3 is 12.1 Å². The van der Waals surface area contributed by atoms with E-state index < -0.39 is 23.3 Å². The van der Waals surface area contributed by atoms with Crippen LogP contribution in [0.4, 0.5) is 13.2 Å². The van der Waals surface area contributed by atoms with Crippen LogP contribution in [0.25, 0.3) is 17.3 Å². The van der Waals surface area contributed by atoms with Gasteiger partial charge < -0.3 is 9.47 Å². The number of hydrogen-bond donors (Lipinski definition) is 0. The van der Waals surface area contributed by atoms with Gasteiger partial charge in [-0.1, -0.05) is 6.07 Å². The molecule has 0 saturated carbocycles. The number of aromatic nitrogens is 1. The lowest BCUT2D eigenvalue weighted by atomic mass is 10.1. The van der Waals surface area contributed by atoms with Crippen LogP contribution in [0.3, 0.4) is 0 Å². The predicted octanol–water partition coefficient (Wildman–Crippen LogP) is 6.01. The highest BCUT2D eigenvalue weighted by Gasteiger charge is 2.33. The van der Waals surface area contributed by atoms with Crippen molar-refractivity contribution in [2.24, 2.45) is 0 Å². The Labute approximate surface area is 182 Å². The molecule has 0 aliphatic carbocycles. The molecule has 0 aliphatic heterocycles. The van der Waals surface area contributed by atoms with E-state index in [1.54, 1.807) is 61.5 Å². The molecule has 0 fully saturated rings. The van der Waals surface area contributed by atoms with Crippen LogP contribution in [0.2, 0.25) is 0 Å². The van der Waals surface area contributed by atoms with Crippen molar-refractivity contribution in [3.8, 4) is 28.8 Å². The van der Waals surface area contributed by atoms with Crippen LogP contribution in [0.5, 0.6) is 11.5 Å². The molecule has 0 radical (unpaired) electrons. The maximum atomic E-state index is 12.9. The third kappa shape index (κ3) is 5.73. The molecule has 32 heavy (non-hydrogen) atoms. The SMILES string of the molecule is CCOC(=O)C=Cc1cccc(-c2ccc(Oc3ccc(C(F)(F)F)c(C#N)c3)cc2)n1. The standard InChI is InChI=1S/C24H17F3N2O3/c1-2-31-23(30)13-8-18-4-3-5-22(29-18)16-6-9-19(10-7-16)32-20-11-12-21(24(25,26)27)17(14-20)15-28/h3-14H,2H2,1H3. The zero-order valence-electron chi connectivity index (χ0n) is 16.9. The zero-order chi connectivity index (χ0) is 23.1. The lowest BCUT2D eigenvalue weighted by Gasteiger charge is -2.11. The van der Waals surface area contributed by atoms with Crippen LogP contribution in [-0.4, -0.2) is 17.6 Å². The fourth-order valence-corrected chi connectivity index (χ4v) is 2.81. The lowest BCUT2D eigenvalue weighted by Crippen LogP contribution is -2.07. The van der Waals surface area contributed by atoms with E-state index in [0.717, 1.165) is 17.7 Å². The topological polar surface area (TPSA) is 72.2 Å². The van der Waals surface area contributed by atoms with Gasteiger partial charge in [0.1, 0.15) is 11.5 Å². The molecule has 5 nitrogen and oxygen atoms in total. The monoisotopic (exact) mass is 438 g/mol. The zero-order valence-corrected chi connectivity index (χ0v) is 16.9. The molecule has 162 valence electrons. The number of pyridine rings is 1. The number of esters is 1. The van der Waals surface area contributed by atoms with Crippen LogP contribution in [0.1, 0.15) is 23.7 Å². The maximum Gasteiger partial charge on any atom is 0.417 e. The van der Waals surface area contributed by atoms with E-state index in [1.807, 2.05) is 0 Å². The number of ether oxygens (including phenoxy) is 2. The highest BCUT2D eigenvalue weighted by atomic mass is 19.4. The summed E-state index contributed by atoms with van der Waals surface area (Å²) < 4.78 is 49.2. The van der Waals surface area contributed by atoms with Gasteiger partial charge in [-0.2, -0.15) is 18.4 Å². The number of rotatable bonds is 6. The summed E-state index contributed by atoms with van der Waals surface area (Å²) in [7, 11) is 0.